The Morgan fingerprint density at radius 1 is 1.33 bits per heavy atom. The highest BCUT2D eigenvalue weighted by molar-refractivity contribution is 5.90. The molecule has 2 N–H and O–H groups in total. The summed E-state index contributed by atoms with van der Waals surface area (Å²) in [6.45, 7) is 6.81. The predicted octanol–water partition coefficient (Wildman–Crippen LogP) is 2.28. The van der Waals surface area contributed by atoms with Gasteiger partial charge in [-0.3, -0.25) is 10.1 Å². The van der Waals surface area contributed by atoms with Crippen LogP contribution in [0.1, 0.15) is 27.7 Å². The molecule has 0 radical (unpaired) electrons. The van der Waals surface area contributed by atoms with Crippen LogP contribution in [0.25, 0.3) is 10.8 Å². The summed E-state index contributed by atoms with van der Waals surface area (Å²) in [5.74, 6) is 0.0643. The lowest BCUT2D eigenvalue weighted by atomic mass is 10.1. The lowest BCUT2D eigenvalue weighted by Gasteiger charge is -2.31. The van der Waals surface area contributed by atoms with E-state index in [1.807, 2.05) is 13.8 Å². The minimum Gasteiger partial charge on any atom is -0.462 e. The summed E-state index contributed by atoms with van der Waals surface area (Å²) in [5.41, 5.74) is -1.30. The number of rotatable bonds is 8. The second-order valence-electron chi connectivity index (χ2n) is 6.87. The molecule has 1 heterocycles. The van der Waals surface area contributed by atoms with Gasteiger partial charge in [0.1, 0.15) is 11.9 Å². The maximum absolute atomic E-state index is 12.2. The predicted molar refractivity (Wildman–Crippen MR) is 99.9 cm³/mol. The molecule has 0 aliphatic rings. The van der Waals surface area contributed by atoms with Gasteiger partial charge in [0, 0.05) is 20.1 Å². The molecule has 0 saturated carbocycles. The van der Waals surface area contributed by atoms with Crippen LogP contribution >= 0.6 is 0 Å². The summed E-state index contributed by atoms with van der Waals surface area (Å²) < 4.78 is 21.7. The van der Waals surface area contributed by atoms with Gasteiger partial charge in [-0.15, -0.1) is 0 Å². The zero-order valence-corrected chi connectivity index (χ0v) is 16.1. The quantitative estimate of drug-likeness (QED) is 0.678. The Balaban J connectivity index is 2.28. The zero-order chi connectivity index (χ0) is 20.2. The fourth-order valence-electron chi connectivity index (χ4n) is 2.52. The van der Waals surface area contributed by atoms with Gasteiger partial charge in [0.05, 0.1) is 17.6 Å². The number of methoxy groups -OCH3 is 1. The van der Waals surface area contributed by atoms with Crippen molar-refractivity contribution in [3.8, 4) is 5.75 Å². The van der Waals surface area contributed by atoms with E-state index in [2.05, 4.69) is 5.32 Å². The molecule has 0 spiro atoms. The van der Waals surface area contributed by atoms with E-state index in [9.17, 15) is 14.7 Å². The average molecular weight is 379 g/mol. The molecule has 2 rings (SSSR count). The molecule has 0 aliphatic carbocycles. The third-order valence-electron chi connectivity index (χ3n) is 3.61. The molecule has 0 fully saturated rings. The van der Waals surface area contributed by atoms with Crippen molar-refractivity contribution in [1.82, 2.24) is 0 Å². The number of carbonyl (C=O) groups is 1. The second-order valence-corrected chi connectivity index (χ2v) is 6.87. The number of hydrogen-bond donors (Lipinski definition) is 2. The lowest BCUT2D eigenvalue weighted by Crippen LogP contribution is -2.42. The first kappa shape index (κ1) is 20.9. The van der Waals surface area contributed by atoms with Crippen LogP contribution < -0.4 is 15.7 Å². The summed E-state index contributed by atoms with van der Waals surface area (Å²) in [5, 5.41) is 13.3. The Hall–Kier alpha value is -2.42. The molecule has 2 aromatic rings. The van der Waals surface area contributed by atoms with Gasteiger partial charge in [-0.2, -0.15) is 0 Å². The fourth-order valence-corrected chi connectivity index (χ4v) is 2.52. The summed E-state index contributed by atoms with van der Waals surface area (Å²) in [6, 6.07) is 6.35. The van der Waals surface area contributed by atoms with Crippen LogP contribution in [0.3, 0.4) is 0 Å². The van der Waals surface area contributed by atoms with Crippen LogP contribution in [-0.2, 0) is 14.3 Å². The van der Waals surface area contributed by atoms with E-state index in [4.69, 9.17) is 18.6 Å². The van der Waals surface area contributed by atoms with E-state index in [-0.39, 0.29) is 17.2 Å². The number of aliphatic hydroxyl groups excluding tert-OH is 1. The molecule has 0 bridgehead atoms. The third-order valence-corrected chi connectivity index (χ3v) is 3.61. The van der Waals surface area contributed by atoms with E-state index in [1.165, 1.54) is 13.0 Å². The molecule has 0 unspecified atom stereocenters. The molecule has 2 atom stereocenters. The highest BCUT2D eigenvalue weighted by Gasteiger charge is 2.28. The first-order valence-electron chi connectivity index (χ1n) is 8.48. The molecule has 1 aromatic heterocycles. The smallest absolute Gasteiger partial charge is 0.345 e. The molecular weight excluding hydrogens is 354 g/mol. The Kier molecular flexibility index (Phi) is 6.59. The van der Waals surface area contributed by atoms with Gasteiger partial charge >= 0.3 is 5.63 Å². The highest BCUT2D eigenvalue weighted by Crippen LogP contribution is 2.24. The van der Waals surface area contributed by atoms with Gasteiger partial charge in [-0.1, -0.05) is 6.07 Å². The van der Waals surface area contributed by atoms with Gasteiger partial charge in [-0.25, -0.2) is 4.79 Å². The third kappa shape index (κ3) is 5.78. The average Bonchev–Trinajstić information content (AvgIpc) is 2.53. The normalized spacial score (nSPS) is 14.0. The molecular formula is C19H25NO7. The minimum absolute atomic E-state index is 0.0696. The van der Waals surface area contributed by atoms with Crippen LogP contribution in [0, 0.1) is 0 Å². The van der Waals surface area contributed by atoms with Crippen LogP contribution in [0.5, 0.6) is 5.75 Å². The van der Waals surface area contributed by atoms with E-state index in [1.54, 1.807) is 32.2 Å². The van der Waals surface area contributed by atoms with E-state index < -0.39 is 23.6 Å². The number of fused-ring (bicyclic) bond motifs is 1. The largest absolute Gasteiger partial charge is 0.462 e. The Bertz CT molecular complexity index is 857. The molecule has 8 nitrogen and oxygen atoms in total. The van der Waals surface area contributed by atoms with Crippen molar-refractivity contribution in [3.05, 3.63) is 34.7 Å². The van der Waals surface area contributed by atoms with E-state index in [0.29, 0.717) is 17.7 Å². The minimum atomic E-state index is -0.960. The van der Waals surface area contributed by atoms with Crippen LogP contribution in [0.2, 0.25) is 0 Å². The SMILES string of the molecule is COCC(C)(C)O[C@@H](Oc1ccc2cc(NC(C)=O)oc(=O)c2c1)[C@H](C)O. The van der Waals surface area contributed by atoms with Gasteiger partial charge in [0.15, 0.2) is 0 Å². The lowest BCUT2D eigenvalue weighted by molar-refractivity contribution is -0.209. The number of anilines is 1. The first-order chi connectivity index (χ1) is 12.6. The van der Waals surface area contributed by atoms with E-state index in [0.717, 1.165) is 0 Å². The van der Waals surface area contributed by atoms with Crippen molar-refractivity contribution in [1.29, 1.82) is 0 Å². The molecule has 8 heteroatoms. The summed E-state index contributed by atoms with van der Waals surface area (Å²) in [6.07, 6.45) is -1.88. The molecule has 0 aliphatic heterocycles. The maximum Gasteiger partial charge on any atom is 0.345 e. The summed E-state index contributed by atoms with van der Waals surface area (Å²) >= 11 is 0. The molecule has 1 amide bonds. The number of amides is 1. The van der Waals surface area contributed by atoms with Crippen molar-refractivity contribution in [2.24, 2.45) is 0 Å². The maximum atomic E-state index is 12.2. The number of nitrogens with one attached hydrogen (secondary N) is 1. The first-order valence-corrected chi connectivity index (χ1v) is 8.48. The van der Waals surface area contributed by atoms with Gasteiger partial charge < -0.3 is 23.7 Å². The van der Waals surface area contributed by atoms with Gasteiger partial charge in [0.25, 0.3) is 0 Å². The van der Waals surface area contributed by atoms with Crippen LogP contribution in [0.4, 0.5) is 5.88 Å². The molecule has 0 saturated heterocycles. The van der Waals surface area contributed by atoms with Crippen LogP contribution in [-0.4, -0.2) is 42.7 Å². The second kappa shape index (κ2) is 8.51. The number of aliphatic hydroxyl groups is 1. The summed E-state index contributed by atoms with van der Waals surface area (Å²) in [4.78, 5) is 23.3. The van der Waals surface area contributed by atoms with E-state index >= 15 is 0 Å². The standard InChI is InChI=1S/C19H25NO7/c1-11(21)18(27-19(3,4)10-24-5)25-14-7-6-13-8-16(20-12(2)22)26-17(23)15(13)9-14/h6-9,11,18,21H,10H2,1-5H3,(H,20,22)/t11-,18+/m0/s1. The molecule has 148 valence electrons. The highest BCUT2D eigenvalue weighted by atomic mass is 16.7. The van der Waals surface area contributed by atoms with Crippen molar-refractivity contribution < 1.29 is 28.5 Å². The molecule has 1 aromatic carbocycles. The number of benzene rings is 1. The Morgan fingerprint density at radius 2 is 2.04 bits per heavy atom. The van der Waals surface area contributed by atoms with Crippen molar-refractivity contribution in [3.63, 3.8) is 0 Å². The van der Waals surface area contributed by atoms with Crippen molar-refractivity contribution in [2.45, 2.75) is 45.7 Å². The number of hydrogen-bond acceptors (Lipinski definition) is 7. The molecule has 27 heavy (non-hydrogen) atoms. The van der Waals surface area contributed by atoms with Crippen LogP contribution in [0.15, 0.2) is 33.5 Å². The van der Waals surface area contributed by atoms with Crippen molar-refractivity contribution >= 4 is 22.6 Å². The zero-order valence-electron chi connectivity index (χ0n) is 16.1. The van der Waals surface area contributed by atoms with Gasteiger partial charge in [0.2, 0.25) is 18.1 Å². The number of ether oxygens (including phenoxy) is 3. The Labute approximate surface area is 157 Å². The number of carbonyl (C=O) groups excluding carboxylic acids is 1. The monoisotopic (exact) mass is 379 g/mol. The van der Waals surface area contributed by atoms with Crippen molar-refractivity contribution in [2.75, 3.05) is 19.0 Å². The Morgan fingerprint density at radius 3 is 2.63 bits per heavy atom. The van der Waals surface area contributed by atoms with Gasteiger partial charge in [-0.05, 0) is 38.3 Å². The summed E-state index contributed by atoms with van der Waals surface area (Å²) in [7, 11) is 1.56. The fraction of sp³-hybridized carbons (Fsp3) is 0.474. The topological polar surface area (TPSA) is 107 Å².